The van der Waals surface area contributed by atoms with Crippen LogP contribution in [0, 0.1) is 0 Å². The summed E-state index contributed by atoms with van der Waals surface area (Å²) >= 11 is 0. The quantitative estimate of drug-likeness (QED) is 0.586. The number of nitrogens with zero attached hydrogens (tertiary/aromatic N) is 1. The molecule has 0 aliphatic carbocycles. The number of hydrogen-bond donors (Lipinski definition) is 0. The first-order valence-electron chi connectivity index (χ1n) is 6.13. The predicted molar refractivity (Wildman–Crippen MR) is 64.7 cm³/mol. The van der Waals surface area contributed by atoms with Crippen LogP contribution >= 0.6 is 0 Å². The zero-order valence-electron chi connectivity index (χ0n) is 11.3. The highest BCUT2D eigenvalue weighted by Gasteiger charge is 2.45. The maximum atomic E-state index is 13.1. The summed E-state index contributed by atoms with van der Waals surface area (Å²) in [6.45, 7) is 0. The number of halogens is 9. The summed E-state index contributed by atoms with van der Waals surface area (Å²) in [4.78, 5) is 3.28. The van der Waals surface area contributed by atoms with E-state index in [-0.39, 0.29) is 6.07 Å². The summed E-state index contributed by atoms with van der Waals surface area (Å²) in [6.07, 6.45) is -14.9. The molecule has 0 radical (unpaired) electrons. The molecule has 0 N–H and O–H groups in total. The largest absolute Gasteiger partial charge is 0.419 e. The van der Waals surface area contributed by atoms with Crippen LogP contribution in [0.5, 0.6) is 0 Å². The van der Waals surface area contributed by atoms with Crippen molar-refractivity contribution in [2.45, 2.75) is 18.5 Å². The highest BCUT2D eigenvalue weighted by Crippen LogP contribution is 2.44. The Morgan fingerprint density at radius 3 is 1.58 bits per heavy atom. The summed E-state index contributed by atoms with van der Waals surface area (Å²) in [5, 5.41) is 0. The van der Waals surface area contributed by atoms with Crippen LogP contribution in [0.25, 0.3) is 11.3 Å². The molecule has 0 saturated carbocycles. The first-order chi connectivity index (χ1) is 10.8. The molecular formula is C14H6F9N. The van der Waals surface area contributed by atoms with E-state index in [1.165, 1.54) is 0 Å². The lowest BCUT2D eigenvalue weighted by molar-refractivity contribution is -0.161. The number of hydrogen-bond acceptors (Lipinski definition) is 1. The van der Waals surface area contributed by atoms with E-state index in [2.05, 4.69) is 4.98 Å². The van der Waals surface area contributed by atoms with Crippen molar-refractivity contribution < 1.29 is 39.5 Å². The van der Waals surface area contributed by atoms with Crippen LogP contribution in [0.4, 0.5) is 39.5 Å². The van der Waals surface area contributed by atoms with Crippen LogP contribution in [0.15, 0.2) is 36.5 Å². The number of rotatable bonds is 1. The monoisotopic (exact) mass is 359 g/mol. The van der Waals surface area contributed by atoms with E-state index in [4.69, 9.17) is 0 Å². The molecule has 130 valence electrons. The molecule has 24 heavy (non-hydrogen) atoms. The van der Waals surface area contributed by atoms with Crippen molar-refractivity contribution in [1.82, 2.24) is 4.98 Å². The molecule has 0 atom stereocenters. The maximum absolute atomic E-state index is 13.1. The Hall–Kier alpha value is -2.26. The van der Waals surface area contributed by atoms with Crippen LogP contribution in [0.3, 0.4) is 0 Å². The minimum absolute atomic E-state index is 0.163. The van der Waals surface area contributed by atoms with Crippen LogP contribution in [0.1, 0.15) is 16.7 Å². The van der Waals surface area contributed by atoms with Crippen LogP contribution in [0.2, 0.25) is 0 Å². The molecule has 0 unspecified atom stereocenters. The summed E-state index contributed by atoms with van der Waals surface area (Å²) in [5.74, 6) is 0. The zero-order chi connectivity index (χ0) is 18.3. The summed E-state index contributed by atoms with van der Waals surface area (Å²) in [7, 11) is 0. The SMILES string of the molecule is FC(F)(F)c1ccc(-c2nccc(C(F)(F)F)c2C(F)(F)F)cc1. The van der Waals surface area contributed by atoms with E-state index < -0.39 is 46.5 Å². The van der Waals surface area contributed by atoms with Gasteiger partial charge in [0.1, 0.15) is 0 Å². The molecule has 0 saturated heterocycles. The van der Waals surface area contributed by atoms with Crippen LogP contribution in [-0.4, -0.2) is 4.98 Å². The van der Waals surface area contributed by atoms with E-state index in [9.17, 15) is 39.5 Å². The molecule has 0 amide bonds. The molecular weight excluding hydrogens is 353 g/mol. The Labute approximate surface area is 128 Å². The van der Waals surface area contributed by atoms with Crippen molar-refractivity contribution >= 4 is 0 Å². The lowest BCUT2D eigenvalue weighted by atomic mass is 9.99. The van der Waals surface area contributed by atoms with Gasteiger partial charge in [-0.1, -0.05) is 12.1 Å². The normalized spacial score (nSPS) is 13.2. The fourth-order valence-electron chi connectivity index (χ4n) is 2.02. The van der Waals surface area contributed by atoms with E-state index in [0.29, 0.717) is 30.5 Å². The van der Waals surface area contributed by atoms with Crippen molar-refractivity contribution in [1.29, 1.82) is 0 Å². The van der Waals surface area contributed by atoms with Gasteiger partial charge in [0.2, 0.25) is 0 Å². The molecule has 1 aromatic carbocycles. The maximum Gasteiger partial charge on any atom is 0.419 e. The van der Waals surface area contributed by atoms with Gasteiger partial charge in [-0.2, -0.15) is 39.5 Å². The van der Waals surface area contributed by atoms with Crippen LogP contribution < -0.4 is 0 Å². The minimum atomic E-state index is -5.39. The highest BCUT2D eigenvalue weighted by atomic mass is 19.4. The van der Waals surface area contributed by atoms with Crippen molar-refractivity contribution in [3.63, 3.8) is 0 Å². The fourth-order valence-corrected chi connectivity index (χ4v) is 2.02. The van der Waals surface area contributed by atoms with Gasteiger partial charge in [0, 0.05) is 11.8 Å². The van der Waals surface area contributed by atoms with E-state index in [0.717, 1.165) is 0 Å². The molecule has 2 aromatic rings. The van der Waals surface area contributed by atoms with Crippen molar-refractivity contribution in [3.05, 3.63) is 53.2 Å². The van der Waals surface area contributed by atoms with Crippen molar-refractivity contribution in [2.24, 2.45) is 0 Å². The number of pyridine rings is 1. The smallest absolute Gasteiger partial charge is 0.256 e. The molecule has 10 heteroatoms. The fraction of sp³-hybridized carbons (Fsp3) is 0.214. The number of benzene rings is 1. The second kappa shape index (κ2) is 5.67. The predicted octanol–water partition coefficient (Wildman–Crippen LogP) is 5.81. The van der Waals surface area contributed by atoms with Gasteiger partial charge in [-0.05, 0) is 18.2 Å². The third kappa shape index (κ3) is 3.62. The Bertz CT molecular complexity index is 724. The van der Waals surface area contributed by atoms with Gasteiger partial charge in [-0.15, -0.1) is 0 Å². The second-order valence-corrected chi connectivity index (χ2v) is 4.65. The summed E-state index contributed by atoms with van der Waals surface area (Å²) in [5.41, 5.74) is -6.75. The molecule has 0 fully saturated rings. The molecule has 0 aliphatic rings. The Morgan fingerprint density at radius 1 is 0.625 bits per heavy atom. The molecule has 1 heterocycles. The van der Waals surface area contributed by atoms with Gasteiger partial charge in [-0.25, -0.2) is 0 Å². The van der Waals surface area contributed by atoms with E-state index >= 15 is 0 Å². The molecule has 1 nitrogen and oxygen atoms in total. The van der Waals surface area contributed by atoms with Gasteiger partial charge < -0.3 is 0 Å². The van der Waals surface area contributed by atoms with Gasteiger partial charge in [-0.3, -0.25) is 4.98 Å². The second-order valence-electron chi connectivity index (χ2n) is 4.65. The first kappa shape index (κ1) is 18.1. The Balaban J connectivity index is 2.67. The van der Waals surface area contributed by atoms with Crippen molar-refractivity contribution in [3.8, 4) is 11.3 Å². The first-order valence-corrected chi connectivity index (χ1v) is 6.13. The molecule has 0 bridgehead atoms. The average Bonchev–Trinajstić information content (AvgIpc) is 2.44. The molecule has 2 rings (SSSR count). The third-order valence-electron chi connectivity index (χ3n) is 3.03. The van der Waals surface area contributed by atoms with Crippen LogP contribution in [-0.2, 0) is 18.5 Å². The molecule has 0 spiro atoms. The van der Waals surface area contributed by atoms with Gasteiger partial charge in [0.15, 0.2) is 0 Å². The van der Waals surface area contributed by atoms with Gasteiger partial charge in [0.05, 0.1) is 22.4 Å². The lowest BCUT2D eigenvalue weighted by Gasteiger charge is -2.18. The molecule has 1 aromatic heterocycles. The lowest BCUT2D eigenvalue weighted by Crippen LogP contribution is -2.18. The summed E-state index contributed by atoms with van der Waals surface area (Å²) < 4.78 is 115. The average molecular weight is 359 g/mol. The third-order valence-corrected chi connectivity index (χ3v) is 3.03. The highest BCUT2D eigenvalue weighted by molar-refractivity contribution is 5.66. The Kier molecular flexibility index (Phi) is 4.28. The van der Waals surface area contributed by atoms with Gasteiger partial charge >= 0.3 is 18.5 Å². The summed E-state index contributed by atoms with van der Waals surface area (Å²) in [6, 6.07) is 2.38. The Morgan fingerprint density at radius 2 is 1.17 bits per heavy atom. The topological polar surface area (TPSA) is 12.9 Å². The van der Waals surface area contributed by atoms with E-state index in [1.54, 1.807) is 0 Å². The van der Waals surface area contributed by atoms with Crippen molar-refractivity contribution in [2.75, 3.05) is 0 Å². The zero-order valence-corrected chi connectivity index (χ0v) is 11.3. The minimum Gasteiger partial charge on any atom is -0.256 e. The number of alkyl halides is 9. The molecule has 0 aliphatic heterocycles. The van der Waals surface area contributed by atoms with E-state index in [1.807, 2.05) is 0 Å². The number of aromatic nitrogens is 1. The van der Waals surface area contributed by atoms with Gasteiger partial charge in [0.25, 0.3) is 0 Å². The standard InChI is InChI=1S/C14H6F9N/c15-12(16,17)8-3-1-7(2-4-8)11-10(14(21,22)23)9(5-6-24-11)13(18,19)20/h1-6H.